The molecule has 74 valence electrons. The first-order chi connectivity index (χ1) is 6.62. The molecule has 0 saturated carbocycles. The summed E-state index contributed by atoms with van der Waals surface area (Å²) < 4.78 is 0.971. The van der Waals surface area contributed by atoms with E-state index < -0.39 is 5.60 Å². The predicted molar refractivity (Wildman–Crippen MR) is 65.0 cm³/mol. The molecule has 2 heterocycles. The molecule has 2 rings (SSSR count). The van der Waals surface area contributed by atoms with Gasteiger partial charge in [0.15, 0.2) is 0 Å². The minimum absolute atomic E-state index is 0.890. The highest BCUT2D eigenvalue weighted by Crippen LogP contribution is 2.36. The van der Waals surface area contributed by atoms with Gasteiger partial charge in [0.2, 0.25) is 0 Å². The summed E-state index contributed by atoms with van der Waals surface area (Å²) in [6.45, 7) is 1.82. The molecule has 0 aliphatic heterocycles. The van der Waals surface area contributed by atoms with E-state index in [4.69, 9.17) is 0 Å². The van der Waals surface area contributed by atoms with E-state index in [1.54, 1.807) is 22.7 Å². The van der Waals surface area contributed by atoms with Crippen molar-refractivity contribution in [3.05, 3.63) is 43.2 Å². The van der Waals surface area contributed by atoms with Crippen LogP contribution in [0.15, 0.2) is 32.1 Å². The van der Waals surface area contributed by atoms with E-state index in [1.165, 1.54) is 0 Å². The Hall–Kier alpha value is -0.160. The molecule has 0 aliphatic carbocycles. The summed E-state index contributed by atoms with van der Waals surface area (Å²) in [5.41, 5.74) is 0.987. The predicted octanol–water partition coefficient (Wildman–Crippen LogP) is 3.83. The van der Waals surface area contributed by atoms with Gasteiger partial charge in [-0.2, -0.15) is 22.7 Å². The van der Waals surface area contributed by atoms with Crippen LogP contribution in [0.25, 0.3) is 0 Å². The first-order valence-corrected chi connectivity index (χ1v) is 6.77. The van der Waals surface area contributed by atoms with Crippen LogP contribution in [-0.4, -0.2) is 5.11 Å². The zero-order chi connectivity index (χ0) is 10.2. The van der Waals surface area contributed by atoms with Crippen molar-refractivity contribution in [2.24, 2.45) is 0 Å². The summed E-state index contributed by atoms with van der Waals surface area (Å²) in [7, 11) is 0. The van der Waals surface area contributed by atoms with Gasteiger partial charge in [0.25, 0.3) is 0 Å². The molecular weight excluding hydrogens is 280 g/mol. The average Bonchev–Trinajstić information content (AvgIpc) is 2.72. The minimum atomic E-state index is -0.890. The number of hydrogen-bond donors (Lipinski definition) is 1. The molecule has 2 aromatic rings. The van der Waals surface area contributed by atoms with Gasteiger partial charge in [0.05, 0.1) is 0 Å². The molecular formula is C10H9BrOS2. The molecule has 1 nitrogen and oxygen atoms in total. The highest BCUT2D eigenvalue weighted by atomic mass is 79.9. The smallest absolute Gasteiger partial charge is 0.114 e. The van der Waals surface area contributed by atoms with E-state index in [0.29, 0.717) is 0 Å². The zero-order valence-corrected chi connectivity index (χ0v) is 10.7. The Balaban J connectivity index is 2.48. The van der Waals surface area contributed by atoms with Gasteiger partial charge in [-0.25, -0.2) is 0 Å². The van der Waals surface area contributed by atoms with Gasteiger partial charge in [-0.3, -0.25) is 0 Å². The van der Waals surface area contributed by atoms with Crippen molar-refractivity contribution < 1.29 is 5.11 Å². The van der Waals surface area contributed by atoms with Crippen LogP contribution < -0.4 is 0 Å². The lowest BCUT2D eigenvalue weighted by Gasteiger charge is -2.22. The van der Waals surface area contributed by atoms with E-state index in [2.05, 4.69) is 15.9 Å². The normalized spacial score (nSPS) is 15.4. The van der Waals surface area contributed by atoms with Gasteiger partial charge < -0.3 is 5.11 Å². The lowest BCUT2D eigenvalue weighted by molar-refractivity contribution is 0.102. The Morgan fingerprint density at radius 3 is 2.57 bits per heavy atom. The van der Waals surface area contributed by atoms with E-state index >= 15 is 0 Å². The third kappa shape index (κ3) is 1.67. The van der Waals surface area contributed by atoms with Crippen molar-refractivity contribution >= 4 is 38.6 Å². The second-order valence-electron chi connectivity index (χ2n) is 3.22. The Labute approximate surface area is 99.2 Å². The minimum Gasteiger partial charge on any atom is -0.381 e. The van der Waals surface area contributed by atoms with Crippen LogP contribution in [0.2, 0.25) is 0 Å². The molecule has 14 heavy (non-hydrogen) atoms. The summed E-state index contributed by atoms with van der Waals surface area (Å²) in [6.07, 6.45) is 0. The molecule has 0 aliphatic rings. The maximum Gasteiger partial charge on any atom is 0.114 e. The lowest BCUT2D eigenvalue weighted by atomic mass is 9.93. The summed E-state index contributed by atoms with van der Waals surface area (Å²) in [5.74, 6) is 0. The fourth-order valence-corrected chi connectivity index (χ4v) is 3.87. The third-order valence-corrected chi connectivity index (χ3v) is 4.61. The van der Waals surface area contributed by atoms with Crippen LogP contribution in [-0.2, 0) is 5.60 Å². The van der Waals surface area contributed by atoms with Crippen molar-refractivity contribution in [3.63, 3.8) is 0 Å². The zero-order valence-electron chi connectivity index (χ0n) is 7.53. The summed E-state index contributed by atoms with van der Waals surface area (Å²) in [5, 5.41) is 18.3. The van der Waals surface area contributed by atoms with E-state index in [1.807, 2.05) is 34.5 Å². The molecule has 0 fully saturated rings. The second-order valence-corrected chi connectivity index (χ2v) is 5.60. The molecule has 0 bridgehead atoms. The van der Waals surface area contributed by atoms with E-state index in [9.17, 15) is 5.11 Å². The van der Waals surface area contributed by atoms with Crippen molar-refractivity contribution in [2.75, 3.05) is 0 Å². The highest BCUT2D eigenvalue weighted by molar-refractivity contribution is 9.10. The standard InChI is InChI=1S/C10H9BrOS2/c1-10(12,7-2-3-13-4-7)8-5-14-6-9(8)11/h2-6,12H,1H3. The first-order valence-electron chi connectivity index (χ1n) is 4.09. The van der Waals surface area contributed by atoms with Crippen LogP contribution in [0.1, 0.15) is 18.1 Å². The van der Waals surface area contributed by atoms with Crippen molar-refractivity contribution in [1.29, 1.82) is 0 Å². The van der Waals surface area contributed by atoms with Gasteiger partial charge in [-0.1, -0.05) is 0 Å². The Morgan fingerprint density at radius 1 is 1.29 bits per heavy atom. The first kappa shape index (κ1) is 10.4. The average molecular weight is 289 g/mol. The quantitative estimate of drug-likeness (QED) is 0.891. The summed E-state index contributed by atoms with van der Waals surface area (Å²) in [6, 6.07) is 1.95. The van der Waals surface area contributed by atoms with Gasteiger partial charge in [-0.15, -0.1) is 0 Å². The van der Waals surface area contributed by atoms with Crippen molar-refractivity contribution in [2.45, 2.75) is 12.5 Å². The van der Waals surface area contributed by atoms with Gasteiger partial charge in [-0.05, 0) is 50.6 Å². The van der Waals surface area contributed by atoms with Crippen LogP contribution in [0.4, 0.5) is 0 Å². The largest absolute Gasteiger partial charge is 0.381 e. The molecule has 0 aromatic carbocycles. The molecule has 0 radical (unpaired) electrons. The van der Waals surface area contributed by atoms with Gasteiger partial charge in [0.1, 0.15) is 5.60 Å². The fraction of sp³-hybridized carbons (Fsp3) is 0.200. The molecule has 4 heteroatoms. The Morgan fingerprint density at radius 2 is 2.07 bits per heavy atom. The molecule has 0 amide bonds. The van der Waals surface area contributed by atoms with Gasteiger partial charge >= 0.3 is 0 Å². The maximum atomic E-state index is 10.4. The Kier molecular flexibility index (Phi) is 2.79. The topological polar surface area (TPSA) is 20.2 Å². The maximum absolute atomic E-state index is 10.4. The molecule has 1 atom stereocenters. The fourth-order valence-electron chi connectivity index (χ4n) is 1.33. The number of hydrogen-bond acceptors (Lipinski definition) is 3. The number of thiophene rings is 2. The molecule has 1 unspecified atom stereocenters. The Bertz CT molecular complexity index is 417. The van der Waals surface area contributed by atoms with E-state index in [0.717, 1.165) is 15.6 Å². The second kappa shape index (κ2) is 3.77. The molecule has 0 saturated heterocycles. The van der Waals surface area contributed by atoms with Crippen LogP contribution >= 0.6 is 38.6 Å². The molecule has 2 aromatic heterocycles. The van der Waals surface area contributed by atoms with Crippen molar-refractivity contribution in [1.82, 2.24) is 0 Å². The summed E-state index contributed by atoms with van der Waals surface area (Å²) >= 11 is 6.63. The molecule has 1 N–H and O–H groups in total. The number of aliphatic hydroxyl groups is 1. The monoisotopic (exact) mass is 288 g/mol. The number of rotatable bonds is 2. The van der Waals surface area contributed by atoms with E-state index in [-0.39, 0.29) is 0 Å². The summed E-state index contributed by atoms with van der Waals surface area (Å²) in [4.78, 5) is 0. The lowest BCUT2D eigenvalue weighted by Crippen LogP contribution is -2.21. The third-order valence-electron chi connectivity index (χ3n) is 2.22. The van der Waals surface area contributed by atoms with Crippen LogP contribution in [0.5, 0.6) is 0 Å². The van der Waals surface area contributed by atoms with Crippen molar-refractivity contribution in [3.8, 4) is 0 Å². The molecule has 0 spiro atoms. The van der Waals surface area contributed by atoms with Gasteiger partial charge in [0, 0.05) is 15.4 Å². The van der Waals surface area contributed by atoms with Crippen LogP contribution in [0.3, 0.4) is 0 Å². The SMILES string of the molecule is CC(O)(c1ccsc1)c1cscc1Br. The van der Waals surface area contributed by atoms with Crippen LogP contribution in [0, 0.1) is 0 Å². The number of halogens is 1. The highest BCUT2D eigenvalue weighted by Gasteiger charge is 2.28.